The molecule has 1 amide bonds. The van der Waals surface area contributed by atoms with Crippen molar-refractivity contribution in [3.05, 3.63) is 60.2 Å². The van der Waals surface area contributed by atoms with Crippen LogP contribution in [-0.2, 0) is 16.2 Å². The van der Waals surface area contributed by atoms with Crippen LogP contribution < -0.4 is 10.1 Å². The first-order valence-electron chi connectivity index (χ1n) is 9.97. The van der Waals surface area contributed by atoms with Gasteiger partial charge in [0.2, 0.25) is 5.91 Å². The molecule has 0 radical (unpaired) electrons. The van der Waals surface area contributed by atoms with E-state index in [4.69, 9.17) is 4.74 Å². The van der Waals surface area contributed by atoms with Crippen molar-refractivity contribution in [2.45, 2.75) is 32.9 Å². The molecule has 1 aliphatic heterocycles. The third-order valence-electron chi connectivity index (χ3n) is 5.33. The lowest BCUT2D eigenvalue weighted by Crippen LogP contribution is -2.50. The van der Waals surface area contributed by atoms with E-state index in [9.17, 15) is 14.7 Å². The summed E-state index contributed by atoms with van der Waals surface area (Å²) in [5, 5.41) is 12.2. The van der Waals surface area contributed by atoms with Crippen molar-refractivity contribution in [2.24, 2.45) is 11.8 Å². The molecule has 0 aromatic heterocycles. The van der Waals surface area contributed by atoms with E-state index in [1.165, 1.54) is 0 Å². The molecule has 29 heavy (non-hydrogen) atoms. The number of carboxylic acids is 1. The SMILES string of the molecule is CC1CC(C(=O)O)CN(C(C)C(=O)Nc2ccc(OCc3ccccc3)cc2)C1. The van der Waals surface area contributed by atoms with E-state index < -0.39 is 17.9 Å². The summed E-state index contributed by atoms with van der Waals surface area (Å²) in [5.41, 5.74) is 1.78. The van der Waals surface area contributed by atoms with E-state index >= 15 is 0 Å². The molecule has 2 N–H and O–H groups in total. The van der Waals surface area contributed by atoms with Gasteiger partial charge in [0.25, 0.3) is 0 Å². The Balaban J connectivity index is 1.53. The van der Waals surface area contributed by atoms with Crippen molar-refractivity contribution in [3.8, 4) is 5.75 Å². The van der Waals surface area contributed by atoms with Gasteiger partial charge in [0.05, 0.1) is 12.0 Å². The molecule has 154 valence electrons. The van der Waals surface area contributed by atoms with Crippen LogP contribution in [0.25, 0.3) is 0 Å². The molecule has 6 nitrogen and oxygen atoms in total. The second kappa shape index (κ2) is 9.56. The lowest BCUT2D eigenvalue weighted by atomic mass is 9.89. The van der Waals surface area contributed by atoms with Crippen LogP contribution in [0.4, 0.5) is 5.69 Å². The third kappa shape index (κ3) is 5.81. The first-order chi connectivity index (χ1) is 13.9. The van der Waals surface area contributed by atoms with E-state index in [-0.39, 0.29) is 11.8 Å². The molecule has 3 unspecified atom stereocenters. The van der Waals surface area contributed by atoms with E-state index in [0.717, 1.165) is 17.9 Å². The maximum absolute atomic E-state index is 12.7. The zero-order chi connectivity index (χ0) is 20.8. The summed E-state index contributed by atoms with van der Waals surface area (Å²) < 4.78 is 5.76. The highest BCUT2D eigenvalue weighted by molar-refractivity contribution is 5.94. The first kappa shape index (κ1) is 20.9. The molecule has 1 heterocycles. The summed E-state index contributed by atoms with van der Waals surface area (Å²) >= 11 is 0. The number of nitrogens with zero attached hydrogens (tertiary/aromatic N) is 1. The smallest absolute Gasteiger partial charge is 0.307 e. The Labute approximate surface area is 171 Å². The van der Waals surface area contributed by atoms with Gasteiger partial charge in [0.15, 0.2) is 0 Å². The van der Waals surface area contributed by atoms with Crippen molar-refractivity contribution >= 4 is 17.6 Å². The summed E-state index contributed by atoms with van der Waals surface area (Å²) in [4.78, 5) is 26.0. The van der Waals surface area contributed by atoms with Crippen LogP contribution in [0.15, 0.2) is 54.6 Å². The number of benzene rings is 2. The fraction of sp³-hybridized carbons (Fsp3) is 0.391. The minimum atomic E-state index is -0.791. The molecule has 3 rings (SSSR count). The second-order valence-electron chi connectivity index (χ2n) is 7.79. The Kier molecular flexibility index (Phi) is 6.88. The van der Waals surface area contributed by atoms with Gasteiger partial charge in [-0.15, -0.1) is 0 Å². The molecule has 0 spiro atoms. The van der Waals surface area contributed by atoms with Crippen LogP contribution in [0, 0.1) is 11.8 Å². The van der Waals surface area contributed by atoms with Gasteiger partial charge in [-0.1, -0.05) is 37.3 Å². The largest absolute Gasteiger partial charge is 0.489 e. The summed E-state index contributed by atoms with van der Waals surface area (Å²) in [6.45, 7) is 5.47. The number of rotatable bonds is 7. The van der Waals surface area contributed by atoms with E-state index in [1.54, 1.807) is 0 Å². The minimum Gasteiger partial charge on any atom is -0.489 e. The number of aliphatic carboxylic acids is 1. The molecule has 2 aromatic carbocycles. The zero-order valence-corrected chi connectivity index (χ0v) is 16.9. The minimum absolute atomic E-state index is 0.138. The topological polar surface area (TPSA) is 78.9 Å². The standard InChI is InChI=1S/C23H28N2O4/c1-16-12-19(23(27)28)14-25(13-16)17(2)22(26)24-20-8-10-21(11-9-20)29-15-18-6-4-3-5-7-18/h3-11,16-17,19H,12-15H2,1-2H3,(H,24,26)(H,27,28). The van der Waals surface area contributed by atoms with E-state index in [0.29, 0.717) is 25.3 Å². The summed E-state index contributed by atoms with van der Waals surface area (Å²) in [6, 6.07) is 16.8. The van der Waals surface area contributed by atoms with Gasteiger partial charge in [0.1, 0.15) is 12.4 Å². The van der Waals surface area contributed by atoms with Crippen molar-refractivity contribution in [1.82, 2.24) is 4.90 Å². The predicted octanol–water partition coefficient (Wildman–Crippen LogP) is 3.64. The molecule has 2 aromatic rings. The molecule has 1 saturated heterocycles. The van der Waals surface area contributed by atoms with Crippen LogP contribution >= 0.6 is 0 Å². The number of carboxylic acid groups (broad SMARTS) is 1. The number of ether oxygens (including phenoxy) is 1. The number of piperidine rings is 1. The average Bonchev–Trinajstić information content (AvgIpc) is 2.73. The summed E-state index contributed by atoms with van der Waals surface area (Å²) in [6.07, 6.45) is 0.657. The second-order valence-corrected chi connectivity index (χ2v) is 7.79. The van der Waals surface area contributed by atoms with Crippen LogP contribution in [0.5, 0.6) is 5.75 Å². The maximum Gasteiger partial charge on any atom is 0.307 e. The van der Waals surface area contributed by atoms with E-state index in [2.05, 4.69) is 5.32 Å². The van der Waals surface area contributed by atoms with Crippen LogP contribution in [-0.4, -0.2) is 41.0 Å². The van der Waals surface area contributed by atoms with E-state index in [1.807, 2.05) is 73.3 Å². The van der Waals surface area contributed by atoms with Crippen molar-refractivity contribution < 1.29 is 19.4 Å². The molecular formula is C23H28N2O4. The molecule has 1 fully saturated rings. The highest BCUT2D eigenvalue weighted by Gasteiger charge is 2.33. The number of hydrogen-bond donors (Lipinski definition) is 2. The van der Waals surface area contributed by atoms with Gasteiger partial charge >= 0.3 is 5.97 Å². The molecule has 0 aliphatic carbocycles. The normalized spacial score (nSPS) is 20.6. The van der Waals surface area contributed by atoms with Gasteiger partial charge < -0.3 is 15.2 Å². The van der Waals surface area contributed by atoms with Crippen molar-refractivity contribution in [1.29, 1.82) is 0 Å². The Bertz CT molecular complexity index is 823. The van der Waals surface area contributed by atoms with Crippen LogP contribution in [0.3, 0.4) is 0 Å². The Hall–Kier alpha value is -2.86. The number of nitrogens with one attached hydrogen (secondary N) is 1. The Morgan fingerprint density at radius 1 is 1.14 bits per heavy atom. The molecule has 0 bridgehead atoms. The van der Waals surface area contributed by atoms with Crippen LogP contribution in [0.1, 0.15) is 25.8 Å². The lowest BCUT2D eigenvalue weighted by Gasteiger charge is -2.37. The predicted molar refractivity (Wildman–Crippen MR) is 112 cm³/mol. The third-order valence-corrected chi connectivity index (χ3v) is 5.33. The molecule has 1 aliphatic rings. The van der Waals surface area contributed by atoms with Gasteiger partial charge in [-0.2, -0.15) is 0 Å². The number of hydrogen-bond acceptors (Lipinski definition) is 4. The highest BCUT2D eigenvalue weighted by atomic mass is 16.5. The molecular weight excluding hydrogens is 368 g/mol. The van der Waals surface area contributed by atoms with Gasteiger partial charge in [-0.25, -0.2) is 0 Å². The van der Waals surface area contributed by atoms with Crippen molar-refractivity contribution in [3.63, 3.8) is 0 Å². The number of anilines is 1. The number of likely N-dealkylation sites (tertiary alicyclic amines) is 1. The molecule has 3 atom stereocenters. The summed E-state index contributed by atoms with van der Waals surface area (Å²) in [7, 11) is 0. The lowest BCUT2D eigenvalue weighted by molar-refractivity contribution is -0.145. The number of carbonyl (C=O) groups excluding carboxylic acids is 1. The highest BCUT2D eigenvalue weighted by Crippen LogP contribution is 2.24. The van der Waals surface area contributed by atoms with Crippen molar-refractivity contribution in [2.75, 3.05) is 18.4 Å². The monoisotopic (exact) mass is 396 g/mol. The molecule has 0 saturated carbocycles. The Morgan fingerprint density at radius 2 is 1.83 bits per heavy atom. The summed E-state index contributed by atoms with van der Waals surface area (Å²) in [5.74, 6) is -0.369. The zero-order valence-electron chi connectivity index (χ0n) is 16.9. The first-order valence-corrected chi connectivity index (χ1v) is 9.97. The average molecular weight is 396 g/mol. The maximum atomic E-state index is 12.7. The Morgan fingerprint density at radius 3 is 2.48 bits per heavy atom. The fourth-order valence-corrected chi connectivity index (χ4v) is 3.68. The van der Waals surface area contributed by atoms with Gasteiger partial charge in [0, 0.05) is 18.8 Å². The fourth-order valence-electron chi connectivity index (χ4n) is 3.68. The van der Waals surface area contributed by atoms with Gasteiger partial charge in [-0.05, 0) is 49.1 Å². The quantitative estimate of drug-likeness (QED) is 0.747. The number of amides is 1. The number of carbonyl (C=O) groups is 2. The van der Waals surface area contributed by atoms with Gasteiger partial charge in [-0.3, -0.25) is 14.5 Å². The van der Waals surface area contributed by atoms with Crippen LogP contribution in [0.2, 0.25) is 0 Å². The molecule has 6 heteroatoms.